The summed E-state index contributed by atoms with van der Waals surface area (Å²) < 4.78 is 18.4. The van der Waals surface area contributed by atoms with Crippen molar-refractivity contribution >= 4 is 17.9 Å². The maximum Gasteiger partial charge on any atom is 0.153 e. The van der Waals surface area contributed by atoms with E-state index in [1.807, 2.05) is 12.1 Å². The number of hydrogen-bond donors (Lipinski definition) is 0. The fourth-order valence-corrected chi connectivity index (χ4v) is 1.74. The average Bonchev–Trinajstić information content (AvgIpc) is 2.37. The average molecular weight is 265 g/mol. The molecule has 0 saturated carbocycles. The summed E-state index contributed by atoms with van der Waals surface area (Å²) in [6.07, 6.45) is 0.566. The minimum Gasteiger partial charge on any atom is -0.488 e. The fourth-order valence-electron chi connectivity index (χ4n) is 1.53. The van der Waals surface area contributed by atoms with Crippen molar-refractivity contribution in [2.24, 2.45) is 0 Å². The van der Waals surface area contributed by atoms with Crippen LogP contribution in [0.15, 0.2) is 42.5 Å². The third-order valence-electron chi connectivity index (χ3n) is 2.38. The first kappa shape index (κ1) is 12.6. The normalized spacial score (nSPS) is 10.1. The molecule has 92 valence electrons. The van der Waals surface area contributed by atoms with Gasteiger partial charge in [-0.25, -0.2) is 4.39 Å². The second-order valence-corrected chi connectivity index (χ2v) is 4.16. The van der Waals surface area contributed by atoms with Crippen molar-refractivity contribution in [3.8, 4) is 5.75 Å². The van der Waals surface area contributed by atoms with Crippen molar-refractivity contribution in [3.05, 3.63) is 64.4 Å². The molecule has 0 aliphatic carbocycles. The maximum atomic E-state index is 12.9. The van der Waals surface area contributed by atoms with Gasteiger partial charge in [-0.2, -0.15) is 0 Å². The van der Waals surface area contributed by atoms with Crippen LogP contribution in [0, 0.1) is 5.82 Å². The van der Waals surface area contributed by atoms with E-state index in [1.165, 1.54) is 12.1 Å². The molecule has 18 heavy (non-hydrogen) atoms. The molecule has 0 unspecified atom stereocenters. The van der Waals surface area contributed by atoms with E-state index in [9.17, 15) is 9.18 Å². The molecule has 4 heteroatoms. The van der Waals surface area contributed by atoms with E-state index in [4.69, 9.17) is 16.3 Å². The molecule has 0 saturated heterocycles. The molecular formula is C14H10ClFO2. The fraction of sp³-hybridized carbons (Fsp3) is 0.0714. The number of halogens is 2. The summed E-state index contributed by atoms with van der Waals surface area (Å²) in [6, 6.07) is 11.0. The maximum absolute atomic E-state index is 12.9. The highest BCUT2D eigenvalue weighted by Gasteiger charge is 2.05. The molecule has 0 radical (unpaired) electrons. The first-order chi connectivity index (χ1) is 8.69. The van der Waals surface area contributed by atoms with Gasteiger partial charge >= 0.3 is 0 Å². The van der Waals surface area contributed by atoms with Crippen molar-refractivity contribution in [1.82, 2.24) is 0 Å². The van der Waals surface area contributed by atoms with Gasteiger partial charge in [-0.15, -0.1) is 0 Å². The smallest absolute Gasteiger partial charge is 0.153 e. The highest BCUT2D eigenvalue weighted by atomic mass is 35.5. The topological polar surface area (TPSA) is 26.3 Å². The van der Waals surface area contributed by atoms with E-state index in [-0.39, 0.29) is 12.2 Å². The Morgan fingerprint density at radius 2 is 2.06 bits per heavy atom. The van der Waals surface area contributed by atoms with Crippen LogP contribution in [0.25, 0.3) is 0 Å². The van der Waals surface area contributed by atoms with Crippen LogP contribution < -0.4 is 4.74 Å². The van der Waals surface area contributed by atoms with Gasteiger partial charge in [0, 0.05) is 5.02 Å². The summed E-state index contributed by atoms with van der Waals surface area (Å²) in [7, 11) is 0. The number of carbonyl (C=O) groups excluding carboxylic acids is 1. The molecule has 0 aliphatic rings. The van der Waals surface area contributed by atoms with Gasteiger partial charge in [-0.05, 0) is 35.9 Å². The Balaban J connectivity index is 2.13. The summed E-state index contributed by atoms with van der Waals surface area (Å²) in [6.45, 7) is 0.271. The van der Waals surface area contributed by atoms with Gasteiger partial charge in [0.1, 0.15) is 18.2 Å². The van der Waals surface area contributed by atoms with Gasteiger partial charge in [0.2, 0.25) is 0 Å². The predicted octanol–water partition coefficient (Wildman–Crippen LogP) is 3.87. The molecule has 2 nitrogen and oxygen atoms in total. The van der Waals surface area contributed by atoms with E-state index in [0.717, 1.165) is 11.6 Å². The van der Waals surface area contributed by atoms with Crippen molar-refractivity contribution in [2.75, 3.05) is 0 Å². The molecule has 0 aliphatic heterocycles. The zero-order valence-corrected chi connectivity index (χ0v) is 10.2. The van der Waals surface area contributed by atoms with Crippen LogP contribution >= 0.6 is 11.6 Å². The second-order valence-electron chi connectivity index (χ2n) is 3.72. The number of ether oxygens (including phenoxy) is 1. The largest absolute Gasteiger partial charge is 0.488 e. The van der Waals surface area contributed by atoms with Crippen LogP contribution in [-0.2, 0) is 6.61 Å². The van der Waals surface area contributed by atoms with Gasteiger partial charge in [0.15, 0.2) is 6.29 Å². The number of rotatable bonds is 4. The van der Waals surface area contributed by atoms with Gasteiger partial charge in [0.25, 0.3) is 0 Å². The highest BCUT2D eigenvalue weighted by Crippen LogP contribution is 2.20. The van der Waals surface area contributed by atoms with Crippen LogP contribution in [-0.4, -0.2) is 6.29 Å². The molecule has 0 amide bonds. The summed E-state index contributed by atoms with van der Waals surface area (Å²) >= 11 is 5.84. The molecule has 0 aromatic heterocycles. The molecule has 0 atom stereocenters. The molecule has 2 aromatic carbocycles. The van der Waals surface area contributed by atoms with Gasteiger partial charge in [-0.3, -0.25) is 4.79 Å². The van der Waals surface area contributed by atoms with E-state index < -0.39 is 5.82 Å². The van der Waals surface area contributed by atoms with Crippen LogP contribution in [0.3, 0.4) is 0 Å². The van der Waals surface area contributed by atoms with Gasteiger partial charge in [-0.1, -0.05) is 23.7 Å². The Bertz CT molecular complexity index is 569. The van der Waals surface area contributed by atoms with Crippen molar-refractivity contribution in [3.63, 3.8) is 0 Å². The molecule has 0 N–H and O–H groups in total. The predicted molar refractivity (Wildman–Crippen MR) is 67.6 cm³/mol. The quantitative estimate of drug-likeness (QED) is 0.784. The zero-order chi connectivity index (χ0) is 13.0. The highest BCUT2D eigenvalue weighted by molar-refractivity contribution is 6.30. The standard InChI is InChI=1S/C14H10ClFO2/c15-12-3-1-2-10(6-12)9-18-14-5-4-13(16)7-11(14)8-17/h1-8H,9H2. The summed E-state index contributed by atoms with van der Waals surface area (Å²) in [5.41, 5.74) is 1.07. The molecule has 2 aromatic rings. The molecule has 2 rings (SSSR count). The first-order valence-corrected chi connectivity index (χ1v) is 5.69. The number of hydrogen-bond acceptors (Lipinski definition) is 2. The Morgan fingerprint density at radius 1 is 1.22 bits per heavy atom. The van der Waals surface area contributed by atoms with E-state index in [2.05, 4.69) is 0 Å². The minimum atomic E-state index is -0.466. The molecular weight excluding hydrogens is 255 g/mol. The van der Waals surface area contributed by atoms with E-state index in [0.29, 0.717) is 17.1 Å². The zero-order valence-electron chi connectivity index (χ0n) is 9.40. The van der Waals surface area contributed by atoms with Crippen molar-refractivity contribution in [1.29, 1.82) is 0 Å². The van der Waals surface area contributed by atoms with Crippen LogP contribution in [0.5, 0.6) is 5.75 Å². The Hall–Kier alpha value is -1.87. The lowest BCUT2D eigenvalue weighted by molar-refractivity contribution is 0.111. The van der Waals surface area contributed by atoms with E-state index >= 15 is 0 Å². The van der Waals surface area contributed by atoms with Crippen molar-refractivity contribution in [2.45, 2.75) is 6.61 Å². The lowest BCUT2D eigenvalue weighted by atomic mass is 10.2. The molecule has 0 fully saturated rings. The van der Waals surface area contributed by atoms with Gasteiger partial charge < -0.3 is 4.74 Å². The SMILES string of the molecule is O=Cc1cc(F)ccc1OCc1cccc(Cl)c1. The van der Waals surface area contributed by atoms with E-state index in [1.54, 1.807) is 12.1 Å². The number of aldehydes is 1. The third-order valence-corrected chi connectivity index (χ3v) is 2.62. The van der Waals surface area contributed by atoms with Crippen LogP contribution in [0.4, 0.5) is 4.39 Å². The lowest BCUT2D eigenvalue weighted by Crippen LogP contribution is -1.98. The van der Waals surface area contributed by atoms with Crippen LogP contribution in [0.2, 0.25) is 5.02 Å². The molecule has 0 heterocycles. The summed E-state index contributed by atoms with van der Waals surface area (Å²) in [5, 5.41) is 0.616. The molecule has 0 spiro atoms. The second kappa shape index (κ2) is 5.65. The Morgan fingerprint density at radius 3 is 2.78 bits per heavy atom. The Labute approximate surface area is 109 Å². The number of carbonyl (C=O) groups is 1. The Kier molecular flexibility index (Phi) is 3.95. The lowest BCUT2D eigenvalue weighted by Gasteiger charge is -2.08. The minimum absolute atomic E-state index is 0.192. The number of benzene rings is 2. The monoisotopic (exact) mass is 264 g/mol. The summed E-state index contributed by atoms with van der Waals surface area (Å²) in [5.74, 6) is -0.112. The van der Waals surface area contributed by atoms with Gasteiger partial charge in [0.05, 0.1) is 5.56 Å². The molecule has 0 bridgehead atoms. The first-order valence-electron chi connectivity index (χ1n) is 5.31. The van der Waals surface area contributed by atoms with Crippen molar-refractivity contribution < 1.29 is 13.9 Å². The van der Waals surface area contributed by atoms with Crippen LogP contribution in [0.1, 0.15) is 15.9 Å². The summed E-state index contributed by atoms with van der Waals surface area (Å²) in [4.78, 5) is 10.8. The third kappa shape index (κ3) is 3.08.